The summed E-state index contributed by atoms with van der Waals surface area (Å²) in [6, 6.07) is 9.96. The summed E-state index contributed by atoms with van der Waals surface area (Å²) >= 11 is 0. The fraction of sp³-hybridized carbons (Fsp3) is 0.375. The van der Waals surface area contributed by atoms with E-state index in [1.165, 1.54) is 10.9 Å². The molecule has 1 unspecified atom stereocenters. The van der Waals surface area contributed by atoms with E-state index in [4.69, 9.17) is 4.98 Å². The molecule has 164 valence electrons. The van der Waals surface area contributed by atoms with E-state index in [0.29, 0.717) is 12.4 Å². The van der Waals surface area contributed by atoms with Gasteiger partial charge in [-0.05, 0) is 51.8 Å². The summed E-state index contributed by atoms with van der Waals surface area (Å²) in [6.07, 6.45) is 1.56. The number of para-hydroxylation sites is 1. The zero-order valence-corrected chi connectivity index (χ0v) is 18.9. The molecular weight excluding hydrogens is 404 g/mol. The maximum Gasteiger partial charge on any atom is 0.230 e. The molecule has 1 aliphatic heterocycles. The normalized spacial score (nSPS) is 16.4. The van der Waals surface area contributed by atoms with Crippen LogP contribution in [-0.4, -0.2) is 43.6 Å². The molecule has 1 atom stereocenters. The van der Waals surface area contributed by atoms with Gasteiger partial charge < -0.3 is 10.2 Å². The Morgan fingerprint density at radius 2 is 2.00 bits per heavy atom. The van der Waals surface area contributed by atoms with Crippen molar-refractivity contribution >= 4 is 28.5 Å². The maximum atomic E-state index is 13.1. The first-order valence-corrected chi connectivity index (χ1v) is 10.6. The molecule has 4 rings (SSSR count). The van der Waals surface area contributed by atoms with Gasteiger partial charge in [-0.25, -0.2) is 4.98 Å². The summed E-state index contributed by atoms with van der Waals surface area (Å²) in [5, 5.41) is 17.8. The first kappa shape index (κ1) is 21.5. The van der Waals surface area contributed by atoms with Crippen molar-refractivity contribution in [2.24, 2.45) is 5.92 Å². The number of fused-ring (bicyclic) bond motifs is 1. The molecular formula is C24H26N6O2. The zero-order valence-electron chi connectivity index (χ0n) is 18.9. The monoisotopic (exact) mass is 430 g/mol. The van der Waals surface area contributed by atoms with Gasteiger partial charge in [-0.15, -0.1) is 0 Å². The number of benzene rings is 1. The molecule has 0 radical (unpaired) electrons. The summed E-state index contributed by atoms with van der Waals surface area (Å²) in [4.78, 5) is 31.9. The highest BCUT2D eigenvalue weighted by Crippen LogP contribution is 2.29. The lowest BCUT2D eigenvalue weighted by atomic mass is 10.1. The fourth-order valence-corrected chi connectivity index (χ4v) is 4.13. The molecule has 0 spiro atoms. The number of carbonyl (C=O) groups excluding carboxylic acids is 2. The van der Waals surface area contributed by atoms with E-state index in [2.05, 4.69) is 16.5 Å². The van der Waals surface area contributed by atoms with Crippen LogP contribution in [-0.2, 0) is 9.59 Å². The second-order valence-electron chi connectivity index (χ2n) is 9.26. The second kappa shape index (κ2) is 7.75. The third kappa shape index (κ3) is 3.71. The van der Waals surface area contributed by atoms with Crippen molar-refractivity contribution in [3.05, 3.63) is 47.2 Å². The summed E-state index contributed by atoms with van der Waals surface area (Å²) in [7, 11) is 0. The lowest BCUT2D eigenvalue weighted by molar-refractivity contribution is -0.131. The lowest BCUT2D eigenvalue weighted by Gasteiger charge is -2.31. The van der Waals surface area contributed by atoms with Gasteiger partial charge in [-0.1, -0.05) is 18.2 Å². The minimum Gasteiger partial charge on any atom is -0.337 e. The van der Waals surface area contributed by atoms with Gasteiger partial charge in [0.1, 0.15) is 11.6 Å². The minimum absolute atomic E-state index is 0.0473. The molecule has 1 aliphatic rings. The maximum absolute atomic E-state index is 13.1. The van der Waals surface area contributed by atoms with Gasteiger partial charge in [0.25, 0.3) is 0 Å². The highest BCUT2D eigenvalue weighted by atomic mass is 16.2. The molecule has 3 aromatic rings. The number of aromatic nitrogens is 3. The number of hydrogen-bond donors (Lipinski definition) is 1. The molecule has 8 nitrogen and oxygen atoms in total. The predicted octanol–water partition coefficient (Wildman–Crippen LogP) is 3.49. The van der Waals surface area contributed by atoms with Gasteiger partial charge in [0.05, 0.1) is 17.6 Å². The third-order valence-electron chi connectivity index (χ3n) is 5.89. The molecule has 0 aliphatic carbocycles. The first-order chi connectivity index (χ1) is 15.1. The number of likely N-dealkylation sites (tertiary alicyclic amines) is 1. The van der Waals surface area contributed by atoms with Crippen LogP contribution >= 0.6 is 0 Å². The van der Waals surface area contributed by atoms with Crippen LogP contribution in [0.25, 0.3) is 16.7 Å². The van der Waals surface area contributed by atoms with Gasteiger partial charge in [0.15, 0.2) is 11.6 Å². The molecule has 3 heterocycles. The van der Waals surface area contributed by atoms with Crippen LogP contribution in [0.2, 0.25) is 0 Å². The van der Waals surface area contributed by atoms with Crippen LogP contribution in [0.3, 0.4) is 0 Å². The quantitative estimate of drug-likeness (QED) is 0.685. The van der Waals surface area contributed by atoms with Crippen molar-refractivity contribution in [3.63, 3.8) is 0 Å². The topological polar surface area (TPSA) is 104 Å². The molecule has 1 aromatic carbocycles. The summed E-state index contributed by atoms with van der Waals surface area (Å²) < 4.78 is 1.48. The standard InChI is InChI=1S/C24H26N6O2/c1-14-7-6-8-18-15(2)9-19(27-21(14)18)30-22(17(11-25)12-26-30)28-23(32)16-10-20(31)29(13-16)24(3,4)5/h6-9,12,16H,10,13H2,1-5H3,(H,28,32). The Balaban J connectivity index is 1.69. The van der Waals surface area contributed by atoms with Gasteiger partial charge >= 0.3 is 0 Å². The van der Waals surface area contributed by atoms with Crippen molar-refractivity contribution in [3.8, 4) is 11.9 Å². The van der Waals surface area contributed by atoms with Crippen molar-refractivity contribution in [1.29, 1.82) is 5.26 Å². The van der Waals surface area contributed by atoms with Crippen molar-refractivity contribution in [2.45, 2.75) is 46.6 Å². The Bertz CT molecular complexity index is 1280. The van der Waals surface area contributed by atoms with Crippen molar-refractivity contribution < 1.29 is 9.59 Å². The van der Waals surface area contributed by atoms with E-state index in [1.807, 2.05) is 58.9 Å². The van der Waals surface area contributed by atoms with E-state index >= 15 is 0 Å². The largest absolute Gasteiger partial charge is 0.337 e. The number of nitriles is 1. The summed E-state index contributed by atoms with van der Waals surface area (Å²) in [5.41, 5.74) is 2.77. The Kier molecular flexibility index (Phi) is 5.21. The smallest absolute Gasteiger partial charge is 0.230 e. The Hall–Kier alpha value is -3.73. The number of pyridine rings is 1. The first-order valence-electron chi connectivity index (χ1n) is 10.6. The second-order valence-corrected chi connectivity index (χ2v) is 9.26. The molecule has 2 amide bonds. The molecule has 0 bridgehead atoms. The van der Waals surface area contributed by atoms with Gasteiger partial charge in [-0.2, -0.15) is 15.0 Å². The molecule has 1 fully saturated rings. The number of nitrogens with zero attached hydrogens (tertiary/aromatic N) is 5. The van der Waals surface area contributed by atoms with E-state index in [-0.39, 0.29) is 35.2 Å². The van der Waals surface area contributed by atoms with Gasteiger partial charge in [-0.3, -0.25) is 9.59 Å². The number of anilines is 1. The Morgan fingerprint density at radius 3 is 2.66 bits per heavy atom. The number of nitrogens with one attached hydrogen (secondary N) is 1. The average Bonchev–Trinajstić information content (AvgIpc) is 3.32. The Labute approximate surface area is 186 Å². The number of aryl methyl sites for hydroxylation is 2. The van der Waals surface area contributed by atoms with E-state index in [9.17, 15) is 14.9 Å². The highest BCUT2D eigenvalue weighted by Gasteiger charge is 2.39. The highest BCUT2D eigenvalue weighted by molar-refractivity contribution is 5.97. The molecule has 2 aromatic heterocycles. The van der Waals surface area contributed by atoms with E-state index in [0.717, 1.165) is 22.0 Å². The van der Waals surface area contributed by atoms with E-state index < -0.39 is 5.92 Å². The SMILES string of the molecule is Cc1cc(-n2ncc(C#N)c2NC(=O)C2CC(=O)N(C(C)(C)C)C2)nc2c(C)cccc12. The molecule has 0 saturated carbocycles. The van der Waals surface area contributed by atoms with Crippen LogP contribution in [0.1, 0.15) is 43.9 Å². The number of hydrogen-bond acceptors (Lipinski definition) is 5. The fourth-order valence-electron chi connectivity index (χ4n) is 4.13. The number of amides is 2. The Morgan fingerprint density at radius 1 is 1.25 bits per heavy atom. The minimum atomic E-state index is -0.495. The summed E-state index contributed by atoms with van der Waals surface area (Å²) in [6.45, 7) is 10.2. The van der Waals surface area contributed by atoms with Crippen LogP contribution in [0.4, 0.5) is 5.82 Å². The van der Waals surface area contributed by atoms with Gasteiger partial charge in [0, 0.05) is 23.9 Å². The molecule has 8 heteroatoms. The number of carbonyl (C=O) groups is 2. The molecule has 1 N–H and O–H groups in total. The lowest BCUT2D eigenvalue weighted by Crippen LogP contribution is -2.42. The van der Waals surface area contributed by atoms with E-state index in [1.54, 1.807) is 4.90 Å². The molecule has 1 saturated heterocycles. The van der Waals surface area contributed by atoms with Crippen LogP contribution < -0.4 is 5.32 Å². The van der Waals surface area contributed by atoms with Crippen molar-refractivity contribution in [1.82, 2.24) is 19.7 Å². The van der Waals surface area contributed by atoms with Crippen molar-refractivity contribution in [2.75, 3.05) is 11.9 Å². The predicted molar refractivity (Wildman–Crippen MR) is 121 cm³/mol. The third-order valence-corrected chi connectivity index (χ3v) is 5.89. The zero-order chi connectivity index (χ0) is 23.2. The molecule has 32 heavy (non-hydrogen) atoms. The summed E-state index contributed by atoms with van der Waals surface area (Å²) in [5.74, 6) is -0.0740. The van der Waals surface area contributed by atoms with Gasteiger partial charge in [0.2, 0.25) is 11.8 Å². The van der Waals surface area contributed by atoms with Crippen LogP contribution in [0, 0.1) is 31.1 Å². The van der Waals surface area contributed by atoms with Crippen LogP contribution in [0.15, 0.2) is 30.5 Å². The number of rotatable bonds is 3. The average molecular weight is 431 g/mol. The van der Waals surface area contributed by atoms with Crippen LogP contribution in [0.5, 0.6) is 0 Å².